The van der Waals surface area contributed by atoms with E-state index in [1.165, 1.54) is 0 Å². The molecule has 0 aliphatic heterocycles. The van der Waals surface area contributed by atoms with Crippen LogP contribution < -0.4 is 0 Å². The predicted octanol–water partition coefficient (Wildman–Crippen LogP) is 3.19. The van der Waals surface area contributed by atoms with Crippen LogP contribution in [0.1, 0.15) is 24.3 Å². The van der Waals surface area contributed by atoms with Gasteiger partial charge in [-0.15, -0.1) is 0 Å². The van der Waals surface area contributed by atoms with Crippen molar-refractivity contribution in [2.45, 2.75) is 20.0 Å². The topological polar surface area (TPSA) is 67.9 Å². The Balaban J connectivity index is 1.96. The number of aromatic nitrogens is 3. The maximum Gasteiger partial charge on any atom is 0.357 e. The van der Waals surface area contributed by atoms with Crippen molar-refractivity contribution in [3.63, 3.8) is 0 Å². The number of rotatable bonds is 3. The molecule has 0 aliphatic rings. The summed E-state index contributed by atoms with van der Waals surface area (Å²) in [5.74, 6) is -0.416. The third-order valence-corrected chi connectivity index (χ3v) is 3.04. The molecule has 0 aromatic carbocycles. The predicted molar refractivity (Wildman–Crippen MR) is 79.9 cm³/mol. The Kier molecular flexibility index (Phi) is 3.39. The molecule has 0 saturated heterocycles. The molecule has 21 heavy (non-hydrogen) atoms. The van der Waals surface area contributed by atoms with Crippen molar-refractivity contribution in [2.24, 2.45) is 0 Å². The number of hydrogen-bond acceptors (Lipinski definition) is 4. The number of fused-ring (bicyclic) bond motifs is 1. The molecule has 5 nitrogen and oxygen atoms in total. The molecule has 1 N–H and O–H groups in total. The first-order valence-electron chi connectivity index (χ1n) is 6.74. The number of esters is 1. The minimum absolute atomic E-state index is 0.167. The summed E-state index contributed by atoms with van der Waals surface area (Å²) in [6.45, 7) is 3.62. The van der Waals surface area contributed by atoms with Crippen molar-refractivity contribution >= 4 is 17.0 Å². The number of hydrogen-bond donors (Lipinski definition) is 1. The average Bonchev–Trinajstić information content (AvgIpc) is 2.94. The van der Waals surface area contributed by atoms with Crippen LogP contribution in [0.4, 0.5) is 0 Å². The number of H-pyrrole nitrogens is 1. The molecule has 0 amide bonds. The summed E-state index contributed by atoms with van der Waals surface area (Å²) < 4.78 is 5.16. The van der Waals surface area contributed by atoms with Crippen LogP contribution in [0.2, 0.25) is 0 Å². The van der Waals surface area contributed by atoms with E-state index in [0.717, 1.165) is 22.2 Å². The highest BCUT2D eigenvalue weighted by molar-refractivity contribution is 5.89. The lowest BCUT2D eigenvalue weighted by atomic mass is 10.1. The maximum absolute atomic E-state index is 11.9. The monoisotopic (exact) mass is 281 g/mol. The first-order valence-corrected chi connectivity index (χ1v) is 6.74. The van der Waals surface area contributed by atoms with Crippen LogP contribution in [0.5, 0.6) is 0 Å². The third kappa shape index (κ3) is 2.76. The quantitative estimate of drug-likeness (QED) is 0.749. The van der Waals surface area contributed by atoms with Crippen molar-refractivity contribution in [2.75, 3.05) is 0 Å². The Morgan fingerprint density at radius 1 is 1.19 bits per heavy atom. The Morgan fingerprint density at radius 3 is 2.86 bits per heavy atom. The second-order valence-corrected chi connectivity index (χ2v) is 5.02. The highest BCUT2D eigenvalue weighted by Crippen LogP contribution is 2.22. The lowest BCUT2D eigenvalue weighted by Crippen LogP contribution is -2.12. The molecule has 0 saturated carbocycles. The van der Waals surface area contributed by atoms with Gasteiger partial charge in [0.05, 0.1) is 17.1 Å². The molecule has 106 valence electrons. The van der Waals surface area contributed by atoms with Crippen LogP contribution in [0, 0.1) is 0 Å². The zero-order valence-electron chi connectivity index (χ0n) is 11.8. The minimum atomic E-state index is -0.416. The van der Waals surface area contributed by atoms with Crippen LogP contribution >= 0.6 is 0 Å². The van der Waals surface area contributed by atoms with E-state index in [1.807, 2.05) is 38.2 Å². The van der Waals surface area contributed by atoms with E-state index in [4.69, 9.17) is 4.74 Å². The number of carbonyl (C=O) groups excluding carboxylic acids is 1. The molecular weight excluding hydrogens is 266 g/mol. The van der Waals surface area contributed by atoms with Crippen molar-refractivity contribution < 1.29 is 9.53 Å². The number of carbonyl (C=O) groups is 1. The Labute approximate surface area is 122 Å². The van der Waals surface area contributed by atoms with Gasteiger partial charge in [-0.25, -0.2) is 9.78 Å². The molecule has 0 spiro atoms. The second kappa shape index (κ2) is 5.36. The smallest absolute Gasteiger partial charge is 0.357 e. The van der Waals surface area contributed by atoms with Gasteiger partial charge in [0.2, 0.25) is 0 Å². The lowest BCUT2D eigenvalue weighted by Gasteiger charge is -2.08. The molecule has 3 rings (SSSR count). The van der Waals surface area contributed by atoms with Crippen LogP contribution in [0.25, 0.3) is 22.2 Å². The van der Waals surface area contributed by atoms with E-state index in [2.05, 4.69) is 15.0 Å². The number of aromatic amines is 1. The summed E-state index contributed by atoms with van der Waals surface area (Å²) >= 11 is 0. The van der Waals surface area contributed by atoms with Gasteiger partial charge in [0.15, 0.2) is 0 Å². The van der Waals surface area contributed by atoms with Crippen LogP contribution in [-0.4, -0.2) is 27.0 Å². The fourth-order valence-corrected chi connectivity index (χ4v) is 2.09. The van der Waals surface area contributed by atoms with Gasteiger partial charge in [0.1, 0.15) is 5.69 Å². The van der Waals surface area contributed by atoms with Gasteiger partial charge in [-0.3, -0.25) is 4.98 Å². The normalized spacial score (nSPS) is 11.0. The lowest BCUT2D eigenvalue weighted by molar-refractivity contribution is 0.0371. The summed E-state index contributed by atoms with van der Waals surface area (Å²) in [7, 11) is 0. The number of pyridine rings is 2. The summed E-state index contributed by atoms with van der Waals surface area (Å²) in [5, 5.41) is 0. The van der Waals surface area contributed by atoms with Crippen molar-refractivity contribution in [1.82, 2.24) is 15.0 Å². The van der Waals surface area contributed by atoms with Crippen LogP contribution in [0.15, 0.2) is 42.9 Å². The minimum Gasteiger partial charge on any atom is -0.458 e. The highest BCUT2D eigenvalue weighted by atomic mass is 16.5. The summed E-state index contributed by atoms with van der Waals surface area (Å²) in [6.07, 6.45) is 5.06. The third-order valence-electron chi connectivity index (χ3n) is 3.04. The molecule has 3 aromatic rings. The summed E-state index contributed by atoms with van der Waals surface area (Å²) in [5.41, 5.74) is 3.96. The van der Waals surface area contributed by atoms with Gasteiger partial charge in [-0.2, -0.15) is 0 Å². The number of nitrogens with one attached hydrogen (secondary N) is 1. The van der Waals surface area contributed by atoms with E-state index < -0.39 is 5.97 Å². The van der Waals surface area contributed by atoms with Gasteiger partial charge in [0.25, 0.3) is 0 Å². The molecular formula is C16H15N3O2. The SMILES string of the molecule is CC(C)OC(=O)c1cc(-c2cnc3cc[nH]c3c2)ccn1. The molecule has 3 heterocycles. The average molecular weight is 281 g/mol. The Hall–Kier alpha value is -2.69. The van der Waals surface area contributed by atoms with Crippen molar-refractivity contribution in [3.05, 3.63) is 48.5 Å². The van der Waals surface area contributed by atoms with Gasteiger partial charge in [0, 0.05) is 24.2 Å². The zero-order valence-corrected chi connectivity index (χ0v) is 11.8. The van der Waals surface area contributed by atoms with E-state index in [9.17, 15) is 4.79 Å². The van der Waals surface area contributed by atoms with Gasteiger partial charge >= 0.3 is 5.97 Å². The van der Waals surface area contributed by atoms with Crippen molar-refractivity contribution in [3.8, 4) is 11.1 Å². The van der Waals surface area contributed by atoms with Gasteiger partial charge in [-0.05, 0) is 43.7 Å². The summed E-state index contributed by atoms with van der Waals surface area (Å²) in [6, 6.07) is 7.47. The molecule has 3 aromatic heterocycles. The Bertz CT molecular complexity index is 793. The van der Waals surface area contributed by atoms with E-state index in [-0.39, 0.29) is 6.10 Å². The first kappa shape index (κ1) is 13.3. The van der Waals surface area contributed by atoms with Gasteiger partial charge < -0.3 is 9.72 Å². The molecule has 5 heteroatoms. The zero-order chi connectivity index (χ0) is 14.8. The van der Waals surface area contributed by atoms with Gasteiger partial charge in [-0.1, -0.05) is 0 Å². The fraction of sp³-hybridized carbons (Fsp3) is 0.188. The molecule has 0 aliphatic carbocycles. The van der Waals surface area contributed by atoms with Crippen LogP contribution in [-0.2, 0) is 4.74 Å². The molecule has 0 radical (unpaired) electrons. The highest BCUT2D eigenvalue weighted by Gasteiger charge is 2.12. The van der Waals surface area contributed by atoms with E-state index >= 15 is 0 Å². The van der Waals surface area contributed by atoms with Crippen LogP contribution in [0.3, 0.4) is 0 Å². The molecule has 0 fully saturated rings. The number of nitrogens with zero attached hydrogens (tertiary/aromatic N) is 2. The first-order chi connectivity index (χ1) is 10.1. The van der Waals surface area contributed by atoms with Crippen molar-refractivity contribution in [1.29, 1.82) is 0 Å². The van der Waals surface area contributed by atoms with E-state index in [1.54, 1.807) is 18.5 Å². The largest absolute Gasteiger partial charge is 0.458 e. The molecule has 0 atom stereocenters. The Morgan fingerprint density at radius 2 is 2.05 bits per heavy atom. The van der Waals surface area contributed by atoms with E-state index in [0.29, 0.717) is 5.69 Å². The second-order valence-electron chi connectivity index (χ2n) is 5.02. The fourth-order valence-electron chi connectivity index (χ4n) is 2.09. The standard InChI is InChI=1S/C16H15N3O2/c1-10(2)21-16(20)15-7-11(3-5-18-15)12-8-14-13(19-9-12)4-6-17-14/h3-10,17H,1-2H3. The maximum atomic E-state index is 11.9. The summed E-state index contributed by atoms with van der Waals surface area (Å²) in [4.78, 5) is 23.5. The molecule has 0 bridgehead atoms. The number of ether oxygens (including phenoxy) is 1. The molecule has 0 unspecified atom stereocenters.